The largest absolute Gasteiger partial charge is 0.476 e. The van der Waals surface area contributed by atoms with Crippen LogP contribution in [0.5, 0.6) is 0 Å². The maximum absolute atomic E-state index is 11.8. The molecule has 1 amide bonds. The summed E-state index contributed by atoms with van der Waals surface area (Å²) >= 11 is 0. The van der Waals surface area contributed by atoms with Gasteiger partial charge < -0.3 is 15.3 Å². The molecule has 3 heterocycles. The SMILES string of the molecule is CC1(C)CCCN1c1cc2c(c(C(=O)O)n1)CNC2=O. The van der Waals surface area contributed by atoms with Crippen molar-refractivity contribution < 1.29 is 14.7 Å². The van der Waals surface area contributed by atoms with Crippen molar-refractivity contribution in [3.63, 3.8) is 0 Å². The molecule has 0 bridgehead atoms. The summed E-state index contributed by atoms with van der Waals surface area (Å²) in [6.07, 6.45) is 2.07. The quantitative estimate of drug-likeness (QED) is 0.852. The van der Waals surface area contributed by atoms with E-state index in [2.05, 4.69) is 29.0 Å². The Hall–Kier alpha value is -2.11. The second-order valence-corrected chi connectivity index (χ2v) is 5.91. The van der Waals surface area contributed by atoms with Crippen molar-refractivity contribution in [1.82, 2.24) is 10.3 Å². The minimum Gasteiger partial charge on any atom is -0.476 e. The van der Waals surface area contributed by atoms with Gasteiger partial charge in [-0.1, -0.05) is 0 Å². The molecule has 0 aromatic carbocycles. The third-order valence-electron chi connectivity index (χ3n) is 4.16. The van der Waals surface area contributed by atoms with Gasteiger partial charge >= 0.3 is 5.97 Å². The molecule has 1 aromatic rings. The highest BCUT2D eigenvalue weighted by Gasteiger charge is 2.35. The Morgan fingerprint density at radius 2 is 2.25 bits per heavy atom. The molecule has 0 unspecified atom stereocenters. The smallest absolute Gasteiger partial charge is 0.354 e. The molecule has 1 fully saturated rings. The first-order valence-corrected chi connectivity index (χ1v) is 6.73. The van der Waals surface area contributed by atoms with Crippen LogP contribution in [0.3, 0.4) is 0 Å². The average Bonchev–Trinajstić information content (AvgIpc) is 2.91. The number of nitrogens with zero attached hydrogens (tertiary/aromatic N) is 2. The number of amides is 1. The molecule has 1 saturated heterocycles. The summed E-state index contributed by atoms with van der Waals surface area (Å²) in [5.41, 5.74) is 0.850. The Bertz CT molecular complexity index is 610. The van der Waals surface area contributed by atoms with Crippen LogP contribution in [0.4, 0.5) is 5.82 Å². The molecule has 20 heavy (non-hydrogen) atoms. The van der Waals surface area contributed by atoms with E-state index >= 15 is 0 Å². The van der Waals surface area contributed by atoms with E-state index in [-0.39, 0.29) is 23.7 Å². The zero-order chi connectivity index (χ0) is 14.5. The van der Waals surface area contributed by atoms with Crippen LogP contribution in [-0.2, 0) is 6.54 Å². The monoisotopic (exact) mass is 275 g/mol. The average molecular weight is 275 g/mol. The maximum Gasteiger partial charge on any atom is 0.354 e. The number of carboxylic acid groups (broad SMARTS) is 1. The van der Waals surface area contributed by atoms with Gasteiger partial charge in [-0.25, -0.2) is 9.78 Å². The van der Waals surface area contributed by atoms with Crippen LogP contribution < -0.4 is 10.2 Å². The number of carbonyl (C=O) groups is 2. The van der Waals surface area contributed by atoms with Crippen LogP contribution in [-0.4, -0.2) is 34.1 Å². The fraction of sp³-hybridized carbons (Fsp3) is 0.500. The number of aromatic nitrogens is 1. The van der Waals surface area contributed by atoms with Crippen LogP contribution in [0.1, 0.15) is 53.1 Å². The summed E-state index contributed by atoms with van der Waals surface area (Å²) in [7, 11) is 0. The molecule has 0 spiro atoms. The lowest BCUT2D eigenvalue weighted by molar-refractivity contribution is 0.0689. The van der Waals surface area contributed by atoms with Crippen molar-refractivity contribution in [1.29, 1.82) is 0 Å². The van der Waals surface area contributed by atoms with Gasteiger partial charge in [0.1, 0.15) is 5.82 Å². The van der Waals surface area contributed by atoms with E-state index in [1.54, 1.807) is 6.07 Å². The predicted molar refractivity (Wildman–Crippen MR) is 73.0 cm³/mol. The number of hydrogen-bond acceptors (Lipinski definition) is 4. The second kappa shape index (κ2) is 4.19. The van der Waals surface area contributed by atoms with Crippen LogP contribution >= 0.6 is 0 Å². The second-order valence-electron chi connectivity index (χ2n) is 5.91. The molecular weight excluding hydrogens is 258 g/mol. The minimum absolute atomic E-state index is 0.0152. The van der Waals surface area contributed by atoms with E-state index in [0.717, 1.165) is 19.4 Å². The molecule has 0 aliphatic carbocycles. The molecular formula is C14H17N3O3. The maximum atomic E-state index is 11.8. The molecule has 2 aliphatic rings. The van der Waals surface area contributed by atoms with Crippen molar-refractivity contribution in [2.24, 2.45) is 0 Å². The predicted octanol–water partition coefficient (Wildman–Crippen LogP) is 1.40. The lowest BCUT2D eigenvalue weighted by Gasteiger charge is -2.33. The van der Waals surface area contributed by atoms with Gasteiger partial charge in [0, 0.05) is 24.2 Å². The van der Waals surface area contributed by atoms with E-state index in [4.69, 9.17) is 0 Å². The Labute approximate surface area is 116 Å². The molecule has 0 atom stereocenters. The first-order valence-electron chi connectivity index (χ1n) is 6.73. The molecule has 2 N–H and O–H groups in total. The summed E-state index contributed by atoms with van der Waals surface area (Å²) < 4.78 is 0. The minimum atomic E-state index is -1.09. The van der Waals surface area contributed by atoms with E-state index < -0.39 is 5.97 Å². The normalized spacial score (nSPS) is 19.9. The number of hydrogen-bond donors (Lipinski definition) is 2. The van der Waals surface area contributed by atoms with E-state index in [9.17, 15) is 14.7 Å². The molecule has 0 radical (unpaired) electrons. The van der Waals surface area contributed by atoms with Crippen LogP contribution in [0.15, 0.2) is 6.07 Å². The number of nitrogens with one attached hydrogen (secondary N) is 1. The highest BCUT2D eigenvalue weighted by molar-refractivity contribution is 6.02. The fourth-order valence-electron chi connectivity index (χ4n) is 3.05. The van der Waals surface area contributed by atoms with Crippen LogP contribution in [0.25, 0.3) is 0 Å². The molecule has 3 rings (SSSR count). The Morgan fingerprint density at radius 3 is 2.85 bits per heavy atom. The Kier molecular flexibility index (Phi) is 2.70. The van der Waals surface area contributed by atoms with Gasteiger partial charge in [0.15, 0.2) is 5.69 Å². The third-order valence-corrected chi connectivity index (χ3v) is 4.16. The van der Waals surface area contributed by atoms with Gasteiger partial charge in [-0.15, -0.1) is 0 Å². The molecule has 0 saturated carbocycles. The van der Waals surface area contributed by atoms with Crippen LogP contribution in [0, 0.1) is 0 Å². The number of carbonyl (C=O) groups excluding carboxylic acids is 1. The van der Waals surface area contributed by atoms with E-state index in [1.807, 2.05) is 0 Å². The highest BCUT2D eigenvalue weighted by atomic mass is 16.4. The van der Waals surface area contributed by atoms with Gasteiger partial charge in [-0.2, -0.15) is 0 Å². The van der Waals surface area contributed by atoms with E-state index in [1.165, 1.54) is 0 Å². The molecule has 2 aliphatic heterocycles. The topological polar surface area (TPSA) is 82.5 Å². The Morgan fingerprint density at radius 1 is 1.50 bits per heavy atom. The number of carboxylic acids is 1. The summed E-state index contributed by atoms with van der Waals surface area (Å²) in [6.45, 7) is 5.29. The summed E-state index contributed by atoms with van der Waals surface area (Å²) in [4.78, 5) is 29.6. The number of aromatic carboxylic acids is 1. The van der Waals surface area contributed by atoms with Crippen molar-refractivity contribution in [2.45, 2.75) is 38.8 Å². The van der Waals surface area contributed by atoms with Gasteiger partial charge in [-0.05, 0) is 32.8 Å². The third kappa shape index (κ3) is 1.83. The highest BCUT2D eigenvalue weighted by Crippen LogP contribution is 2.34. The van der Waals surface area contributed by atoms with Gasteiger partial charge in [-0.3, -0.25) is 4.79 Å². The van der Waals surface area contributed by atoms with Crippen molar-refractivity contribution in [3.05, 3.63) is 22.9 Å². The number of rotatable bonds is 2. The van der Waals surface area contributed by atoms with Crippen molar-refractivity contribution >= 4 is 17.7 Å². The van der Waals surface area contributed by atoms with Gasteiger partial charge in [0.2, 0.25) is 0 Å². The first-order chi connectivity index (χ1) is 9.40. The van der Waals surface area contributed by atoms with Crippen LogP contribution in [0.2, 0.25) is 0 Å². The summed E-state index contributed by atoms with van der Waals surface area (Å²) in [5, 5.41) is 12.0. The number of pyridine rings is 1. The van der Waals surface area contributed by atoms with Crippen molar-refractivity contribution in [3.8, 4) is 0 Å². The molecule has 6 nitrogen and oxygen atoms in total. The summed E-state index contributed by atoms with van der Waals surface area (Å²) in [6, 6.07) is 1.72. The Balaban J connectivity index is 2.14. The van der Waals surface area contributed by atoms with Gasteiger partial charge in [0.05, 0.1) is 5.56 Å². The van der Waals surface area contributed by atoms with E-state index in [0.29, 0.717) is 16.9 Å². The lowest BCUT2D eigenvalue weighted by Crippen LogP contribution is -2.39. The van der Waals surface area contributed by atoms with Gasteiger partial charge in [0.25, 0.3) is 5.91 Å². The standard InChI is InChI=1S/C14H17N3O3/c1-14(2)4-3-5-17(14)10-6-8-9(7-15-12(8)18)11(16-10)13(19)20/h6H,3-5,7H2,1-2H3,(H,15,18)(H,19,20). The number of anilines is 1. The molecule has 1 aromatic heterocycles. The molecule has 106 valence electrons. The lowest BCUT2D eigenvalue weighted by atomic mass is 10.0. The molecule has 6 heteroatoms. The zero-order valence-corrected chi connectivity index (χ0v) is 11.6. The first kappa shape index (κ1) is 12.9. The summed E-state index contributed by atoms with van der Waals surface area (Å²) in [5.74, 6) is -0.722. The van der Waals surface area contributed by atoms with Crippen molar-refractivity contribution in [2.75, 3.05) is 11.4 Å². The fourth-order valence-corrected chi connectivity index (χ4v) is 3.05. The number of fused-ring (bicyclic) bond motifs is 1. The zero-order valence-electron chi connectivity index (χ0n) is 11.6.